The predicted molar refractivity (Wildman–Crippen MR) is 170 cm³/mol. The summed E-state index contributed by atoms with van der Waals surface area (Å²) in [4.78, 5) is 42.9. The SMILES string of the molecule is O=C(CNC(=O)c1cccc(NC2=NCCCN2)c1)NC(Cc1cc(Cl)cc(Cl)c1)C(=O)OCCOCCOCCOCCO. The molecular weight excluding hydrogens is 629 g/mol. The number of carbonyl (C=O) groups excluding carboxylic acids is 3. The number of nitrogens with one attached hydrogen (secondary N) is 4. The molecule has 0 spiro atoms. The summed E-state index contributed by atoms with van der Waals surface area (Å²) in [5.74, 6) is -1.11. The average molecular weight is 669 g/mol. The molecule has 2 aromatic rings. The number of carbonyl (C=O) groups is 3. The first-order chi connectivity index (χ1) is 21.8. The molecule has 5 N–H and O–H groups in total. The minimum Gasteiger partial charge on any atom is -0.462 e. The van der Waals surface area contributed by atoms with Gasteiger partial charge in [0.2, 0.25) is 5.91 Å². The number of nitrogens with zero attached hydrogens (tertiary/aromatic N) is 1. The zero-order valence-electron chi connectivity index (χ0n) is 24.8. The van der Waals surface area contributed by atoms with Crippen LogP contribution in [0.2, 0.25) is 10.0 Å². The molecule has 13 nitrogen and oxygen atoms in total. The van der Waals surface area contributed by atoms with E-state index in [2.05, 4.69) is 26.3 Å². The van der Waals surface area contributed by atoms with Crippen molar-refractivity contribution in [1.29, 1.82) is 0 Å². The number of ether oxygens (including phenoxy) is 4. The number of aliphatic imine (C=N–C) groups is 1. The minimum atomic E-state index is -1.08. The summed E-state index contributed by atoms with van der Waals surface area (Å²) in [6.45, 7) is 2.77. The average Bonchev–Trinajstić information content (AvgIpc) is 3.02. The van der Waals surface area contributed by atoms with Crippen LogP contribution in [-0.4, -0.2) is 107 Å². The van der Waals surface area contributed by atoms with Crippen molar-refractivity contribution < 1.29 is 38.4 Å². The Morgan fingerprint density at radius 3 is 2.29 bits per heavy atom. The van der Waals surface area contributed by atoms with Crippen LogP contribution in [0.25, 0.3) is 0 Å². The minimum absolute atomic E-state index is 0.0432. The van der Waals surface area contributed by atoms with Crippen LogP contribution in [0, 0.1) is 0 Å². The number of hydrogen-bond acceptors (Lipinski definition) is 11. The Hall–Kier alpha value is -3.46. The highest BCUT2D eigenvalue weighted by Crippen LogP contribution is 2.20. The van der Waals surface area contributed by atoms with E-state index in [0.29, 0.717) is 52.6 Å². The Kier molecular flexibility index (Phi) is 16.4. The van der Waals surface area contributed by atoms with E-state index < -0.39 is 23.8 Å². The van der Waals surface area contributed by atoms with Gasteiger partial charge in [0, 0.05) is 40.8 Å². The van der Waals surface area contributed by atoms with Gasteiger partial charge in [0.15, 0.2) is 5.96 Å². The lowest BCUT2D eigenvalue weighted by Crippen LogP contribution is -2.47. The van der Waals surface area contributed by atoms with Crippen molar-refractivity contribution in [2.45, 2.75) is 18.9 Å². The molecule has 0 aromatic heterocycles. The highest BCUT2D eigenvalue weighted by atomic mass is 35.5. The van der Waals surface area contributed by atoms with Gasteiger partial charge in [-0.15, -0.1) is 0 Å². The van der Waals surface area contributed by atoms with E-state index in [-0.39, 0.29) is 46.0 Å². The molecule has 2 aromatic carbocycles. The Balaban J connectivity index is 1.48. The van der Waals surface area contributed by atoms with Gasteiger partial charge in [-0.1, -0.05) is 29.3 Å². The Morgan fingerprint density at radius 2 is 1.62 bits per heavy atom. The molecule has 246 valence electrons. The molecule has 1 aliphatic heterocycles. The first kappa shape index (κ1) is 36.0. The maximum Gasteiger partial charge on any atom is 0.329 e. The highest BCUT2D eigenvalue weighted by Gasteiger charge is 2.24. The Morgan fingerprint density at radius 1 is 0.933 bits per heavy atom. The number of rotatable bonds is 19. The van der Waals surface area contributed by atoms with Crippen LogP contribution in [0.15, 0.2) is 47.5 Å². The maximum atomic E-state index is 13.0. The maximum absolute atomic E-state index is 13.0. The van der Waals surface area contributed by atoms with Crippen LogP contribution >= 0.6 is 23.2 Å². The van der Waals surface area contributed by atoms with Gasteiger partial charge in [0.05, 0.1) is 52.8 Å². The van der Waals surface area contributed by atoms with Crippen LogP contribution in [0.4, 0.5) is 5.69 Å². The fourth-order valence-corrected chi connectivity index (χ4v) is 4.64. The Labute approximate surface area is 271 Å². The van der Waals surface area contributed by atoms with Gasteiger partial charge in [-0.05, 0) is 48.4 Å². The lowest BCUT2D eigenvalue weighted by atomic mass is 10.1. The van der Waals surface area contributed by atoms with Crippen LogP contribution in [0.3, 0.4) is 0 Å². The standard InChI is InChI=1S/C30H39Cl2N5O8/c31-23-15-21(16-24(32)19-23)17-26(29(41)45-14-13-44-12-11-43-10-9-42-8-7-38)37-27(39)20-35-28(40)22-3-1-4-25(18-22)36-30-33-5-2-6-34-30/h1,3-4,15-16,18-19,26,38H,2,5-14,17,20H2,(H,35,40)(H,37,39)(H2,33,34,36). The summed E-state index contributed by atoms with van der Waals surface area (Å²) in [5, 5.41) is 20.9. The van der Waals surface area contributed by atoms with E-state index >= 15 is 0 Å². The molecule has 2 amide bonds. The summed E-state index contributed by atoms with van der Waals surface area (Å²) >= 11 is 12.2. The molecule has 45 heavy (non-hydrogen) atoms. The number of benzene rings is 2. The van der Waals surface area contributed by atoms with E-state index in [1.807, 2.05) is 0 Å². The fourth-order valence-electron chi connectivity index (χ4n) is 4.07. The number of esters is 1. The molecule has 0 saturated carbocycles. The lowest BCUT2D eigenvalue weighted by Gasteiger charge is -2.19. The molecule has 0 fully saturated rings. The van der Waals surface area contributed by atoms with E-state index in [1.165, 1.54) is 0 Å². The topological polar surface area (TPSA) is 169 Å². The summed E-state index contributed by atoms with van der Waals surface area (Å²) < 4.78 is 21.2. The molecule has 3 rings (SSSR count). The third-order valence-electron chi connectivity index (χ3n) is 6.13. The molecule has 1 unspecified atom stereocenters. The number of aliphatic hydroxyl groups excluding tert-OH is 1. The lowest BCUT2D eigenvalue weighted by molar-refractivity contribution is -0.149. The van der Waals surface area contributed by atoms with Gasteiger partial charge in [-0.2, -0.15) is 0 Å². The van der Waals surface area contributed by atoms with Crippen molar-refractivity contribution in [3.63, 3.8) is 0 Å². The van der Waals surface area contributed by atoms with Crippen LogP contribution < -0.4 is 21.3 Å². The fraction of sp³-hybridized carbons (Fsp3) is 0.467. The van der Waals surface area contributed by atoms with Crippen LogP contribution in [0.5, 0.6) is 0 Å². The van der Waals surface area contributed by atoms with Crippen LogP contribution in [-0.2, 0) is 35.0 Å². The zero-order valence-corrected chi connectivity index (χ0v) is 26.3. The second-order valence-corrected chi connectivity index (χ2v) is 10.6. The molecule has 1 heterocycles. The number of guanidine groups is 1. The number of hydrogen-bond donors (Lipinski definition) is 5. The Bertz CT molecular complexity index is 1260. The van der Waals surface area contributed by atoms with Gasteiger partial charge in [0.1, 0.15) is 12.6 Å². The number of anilines is 1. The monoisotopic (exact) mass is 667 g/mol. The van der Waals surface area contributed by atoms with Crippen molar-refractivity contribution in [3.05, 3.63) is 63.6 Å². The second kappa shape index (κ2) is 20.5. The largest absolute Gasteiger partial charge is 0.462 e. The molecule has 0 aliphatic carbocycles. The molecule has 1 atom stereocenters. The quantitative estimate of drug-likeness (QED) is 0.110. The van der Waals surface area contributed by atoms with Gasteiger partial charge in [-0.25, -0.2) is 4.79 Å². The predicted octanol–water partition coefficient (Wildman–Crippen LogP) is 1.80. The first-order valence-corrected chi connectivity index (χ1v) is 15.3. The van der Waals surface area contributed by atoms with Crippen molar-refractivity contribution in [3.8, 4) is 0 Å². The van der Waals surface area contributed by atoms with E-state index in [1.54, 1.807) is 42.5 Å². The highest BCUT2D eigenvalue weighted by molar-refractivity contribution is 6.34. The summed E-state index contributed by atoms with van der Waals surface area (Å²) in [6.07, 6.45) is 1.01. The van der Waals surface area contributed by atoms with E-state index in [4.69, 9.17) is 47.3 Å². The second-order valence-electron chi connectivity index (χ2n) is 9.73. The smallest absolute Gasteiger partial charge is 0.329 e. The van der Waals surface area contributed by atoms with Crippen molar-refractivity contribution in [2.24, 2.45) is 4.99 Å². The third-order valence-corrected chi connectivity index (χ3v) is 6.56. The summed E-state index contributed by atoms with van der Waals surface area (Å²) in [7, 11) is 0. The third kappa shape index (κ3) is 14.5. The van der Waals surface area contributed by atoms with Gasteiger partial charge < -0.3 is 45.3 Å². The number of amides is 2. The molecule has 0 radical (unpaired) electrons. The molecule has 0 bridgehead atoms. The molecular formula is C30H39Cl2N5O8. The van der Waals surface area contributed by atoms with Gasteiger partial charge in [0.25, 0.3) is 5.91 Å². The first-order valence-electron chi connectivity index (χ1n) is 14.5. The van der Waals surface area contributed by atoms with Crippen molar-refractivity contribution >= 4 is 52.6 Å². The summed E-state index contributed by atoms with van der Waals surface area (Å²) in [6, 6.07) is 10.5. The van der Waals surface area contributed by atoms with Gasteiger partial charge >= 0.3 is 5.97 Å². The molecule has 0 saturated heterocycles. The molecule has 1 aliphatic rings. The summed E-state index contributed by atoms with van der Waals surface area (Å²) in [5.41, 5.74) is 1.62. The van der Waals surface area contributed by atoms with E-state index in [0.717, 1.165) is 19.5 Å². The van der Waals surface area contributed by atoms with Crippen molar-refractivity contribution in [1.82, 2.24) is 16.0 Å². The van der Waals surface area contributed by atoms with Crippen molar-refractivity contribution in [2.75, 3.05) is 77.8 Å². The normalized spacial score (nSPS) is 13.3. The van der Waals surface area contributed by atoms with Gasteiger partial charge in [-0.3, -0.25) is 14.6 Å². The zero-order chi connectivity index (χ0) is 32.3. The number of halogens is 2. The van der Waals surface area contributed by atoms with E-state index in [9.17, 15) is 14.4 Å². The number of aliphatic hydroxyl groups is 1. The van der Waals surface area contributed by atoms with Crippen LogP contribution in [0.1, 0.15) is 22.3 Å². The molecule has 15 heteroatoms.